The lowest BCUT2D eigenvalue weighted by molar-refractivity contribution is -0.870. The third kappa shape index (κ3) is 54.8. The quantitative estimate of drug-likeness (QED) is 0.0212. The lowest BCUT2D eigenvalue weighted by Gasteiger charge is -2.30. The maximum atomic E-state index is 13.5. The number of carbonyl (C=O) groups is 2. The van der Waals surface area contributed by atoms with Crippen molar-refractivity contribution >= 4 is 19.7 Å². The monoisotopic (exact) mass is 1050 g/mol. The van der Waals surface area contributed by atoms with Crippen molar-refractivity contribution in [2.75, 3.05) is 40.9 Å². The van der Waals surface area contributed by atoms with E-state index < -0.39 is 20.0 Å². The standard InChI is InChI=1S/C63H121N2O7P/c1-7-10-13-16-19-22-25-28-30-31-32-33-34-35-36-37-40-43-46-49-52-55-62(66)64-60(59-71-73(68,69)70-58-57-65(4,5)6)61(54-51-48-45-42-39-27-24-21-18-15-12-9-3)72-63(67)56-53-50-47-44-41-38-29-26-23-20-17-14-11-8-2/h11,14,20,23,51,54,60-61H,7-10,12-13,15-19,21-22,24-50,52-53,55-59H2,1-6H3,(H-,64,66,68,69)/b14-11+,23-20+,54-51+. The molecule has 0 aliphatic heterocycles. The number of unbranched alkanes of at least 4 members (excludes halogenated alkanes) is 37. The van der Waals surface area contributed by atoms with Crippen molar-refractivity contribution in [1.29, 1.82) is 0 Å². The van der Waals surface area contributed by atoms with Crippen LogP contribution in [0.25, 0.3) is 0 Å². The van der Waals surface area contributed by atoms with Gasteiger partial charge in [-0.2, -0.15) is 0 Å². The smallest absolute Gasteiger partial charge is 0.306 e. The minimum Gasteiger partial charge on any atom is -0.756 e. The molecule has 10 heteroatoms. The summed E-state index contributed by atoms with van der Waals surface area (Å²) in [4.78, 5) is 39.9. The van der Waals surface area contributed by atoms with Crippen LogP contribution in [0.3, 0.4) is 0 Å². The van der Waals surface area contributed by atoms with Crippen molar-refractivity contribution in [1.82, 2.24) is 5.32 Å². The van der Waals surface area contributed by atoms with Crippen LogP contribution in [0.15, 0.2) is 36.5 Å². The summed E-state index contributed by atoms with van der Waals surface area (Å²) in [6, 6.07) is -0.887. The third-order valence-electron chi connectivity index (χ3n) is 14.1. The van der Waals surface area contributed by atoms with Gasteiger partial charge in [-0.25, -0.2) is 0 Å². The van der Waals surface area contributed by atoms with E-state index in [-0.39, 0.29) is 31.5 Å². The Morgan fingerprint density at radius 3 is 1.30 bits per heavy atom. The van der Waals surface area contributed by atoms with Gasteiger partial charge in [-0.15, -0.1) is 0 Å². The summed E-state index contributed by atoms with van der Waals surface area (Å²) in [7, 11) is 1.19. The van der Waals surface area contributed by atoms with E-state index in [0.29, 0.717) is 17.4 Å². The summed E-state index contributed by atoms with van der Waals surface area (Å²) in [6.07, 6.45) is 64.0. The molecule has 0 fully saturated rings. The number of rotatable bonds is 57. The number of allylic oxidation sites excluding steroid dienone is 5. The summed E-state index contributed by atoms with van der Waals surface area (Å²) in [5.74, 6) is -0.537. The van der Waals surface area contributed by atoms with E-state index in [4.69, 9.17) is 13.8 Å². The van der Waals surface area contributed by atoms with Gasteiger partial charge in [-0.3, -0.25) is 14.2 Å². The number of esters is 1. The highest BCUT2D eigenvalue weighted by Gasteiger charge is 2.27. The normalized spacial score (nSPS) is 13.9. The first-order valence-corrected chi connectivity index (χ1v) is 32.8. The van der Waals surface area contributed by atoms with Crippen molar-refractivity contribution in [3.63, 3.8) is 0 Å². The second-order valence-electron chi connectivity index (χ2n) is 22.5. The molecular formula is C63H121N2O7P. The maximum absolute atomic E-state index is 13.5. The average molecular weight is 1050 g/mol. The van der Waals surface area contributed by atoms with Crippen LogP contribution in [0.2, 0.25) is 0 Å². The minimum atomic E-state index is -4.69. The van der Waals surface area contributed by atoms with Crippen LogP contribution in [0.1, 0.15) is 303 Å². The second kappa shape index (κ2) is 53.6. The molecule has 0 saturated carbocycles. The summed E-state index contributed by atoms with van der Waals surface area (Å²) in [5, 5.41) is 3.03. The molecule has 0 spiro atoms. The van der Waals surface area contributed by atoms with Gasteiger partial charge in [0, 0.05) is 12.8 Å². The van der Waals surface area contributed by atoms with Gasteiger partial charge >= 0.3 is 5.97 Å². The zero-order valence-electron chi connectivity index (χ0n) is 49.1. The molecule has 73 heavy (non-hydrogen) atoms. The molecule has 0 aliphatic carbocycles. The minimum absolute atomic E-state index is 0.0213. The zero-order valence-corrected chi connectivity index (χ0v) is 50.0. The summed E-state index contributed by atoms with van der Waals surface area (Å²) < 4.78 is 30.3. The number of hydrogen-bond acceptors (Lipinski definition) is 7. The molecule has 0 radical (unpaired) electrons. The second-order valence-corrected chi connectivity index (χ2v) is 23.9. The molecule has 9 nitrogen and oxygen atoms in total. The number of hydrogen-bond donors (Lipinski definition) is 1. The number of likely N-dealkylation sites (N-methyl/N-ethyl adjacent to an activating group) is 1. The molecule has 0 saturated heterocycles. The van der Waals surface area contributed by atoms with E-state index in [2.05, 4.69) is 50.4 Å². The van der Waals surface area contributed by atoms with Crippen molar-refractivity contribution in [3.05, 3.63) is 36.5 Å². The van der Waals surface area contributed by atoms with E-state index in [1.54, 1.807) is 0 Å². The SMILES string of the molecule is CC/C=C/C/C=C/CCCCCCCCCC(=O)OC(/C=C/CCCCCCCCCCCC)C(COP(=O)([O-])OCC[N+](C)(C)C)NC(=O)CCCCCCCCCCCCCCCCCCCCCCC. The van der Waals surface area contributed by atoms with Crippen molar-refractivity contribution < 1.29 is 37.3 Å². The number of phosphoric ester groups is 1. The van der Waals surface area contributed by atoms with Crippen molar-refractivity contribution in [3.8, 4) is 0 Å². The fourth-order valence-electron chi connectivity index (χ4n) is 9.27. The largest absolute Gasteiger partial charge is 0.756 e. The van der Waals surface area contributed by atoms with Gasteiger partial charge in [0.2, 0.25) is 5.91 Å². The first-order chi connectivity index (χ1) is 35.4. The molecule has 430 valence electrons. The zero-order chi connectivity index (χ0) is 53.6. The first kappa shape index (κ1) is 71.2. The van der Waals surface area contributed by atoms with Crippen LogP contribution in [-0.4, -0.2) is 69.4 Å². The van der Waals surface area contributed by atoms with Gasteiger partial charge in [-0.05, 0) is 57.4 Å². The summed E-state index contributed by atoms with van der Waals surface area (Å²) in [6.45, 7) is 6.77. The number of nitrogens with zero attached hydrogens (tertiary/aromatic N) is 1. The Hall–Kier alpha value is -1.77. The molecule has 3 unspecified atom stereocenters. The lowest BCUT2D eigenvalue weighted by atomic mass is 10.0. The van der Waals surface area contributed by atoms with Crippen LogP contribution < -0.4 is 10.2 Å². The van der Waals surface area contributed by atoms with Gasteiger partial charge in [0.15, 0.2) is 0 Å². The highest BCUT2D eigenvalue weighted by molar-refractivity contribution is 7.45. The molecule has 1 N–H and O–H groups in total. The van der Waals surface area contributed by atoms with Crippen LogP contribution >= 0.6 is 7.82 Å². The number of quaternary nitrogens is 1. The van der Waals surface area contributed by atoms with Crippen LogP contribution in [-0.2, 0) is 27.9 Å². The van der Waals surface area contributed by atoms with E-state index >= 15 is 0 Å². The van der Waals surface area contributed by atoms with E-state index in [1.807, 2.05) is 33.3 Å². The molecule has 0 aromatic carbocycles. The molecule has 0 bridgehead atoms. The fourth-order valence-corrected chi connectivity index (χ4v) is 9.99. The van der Waals surface area contributed by atoms with Gasteiger partial charge in [0.05, 0.1) is 33.8 Å². The molecular weight excluding hydrogens is 928 g/mol. The maximum Gasteiger partial charge on any atom is 0.306 e. The number of carbonyl (C=O) groups excluding carboxylic acids is 2. The number of nitrogens with one attached hydrogen (secondary N) is 1. The predicted molar refractivity (Wildman–Crippen MR) is 312 cm³/mol. The van der Waals surface area contributed by atoms with E-state index in [1.165, 1.54) is 186 Å². The molecule has 1 amide bonds. The predicted octanol–water partition coefficient (Wildman–Crippen LogP) is 18.5. The average Bonchev–Trinajstić information content (AvgIpc) is 3.35. The van der Waals surface area contributed by atoms with Crippen molar-refractivity contribution in [2.45, 2.75) is 315 Å². The Morgan fingerprint density at radius 2 is 0.877 bits per heavy atom. The Balaban J connectivity index is 5.17. The Kier molecular flexibility index (Phi) is 52.3. The van der Waals surface area contributed by atoms with Gasteiger partial charge < -0.3 is 28.5 Å². The fraction of sp³-hybridized carbons (Fsp3) is 0.873. The number of phosphoric acid groups is 1. The summed E-state index contributed by atoms with van der Waals surface area (Å²) >= 11 is 0. The molecule has 3 atom stereocenters. The highest BCUT2D eigenvalue weighted by atomic mass is 31.2. The number of amides is 1. The van der Waals surface area contributed by atoms with Gasteiger partial charge in [0.25, 0.3) is 7.82 Å². The molecule has 0 heterocycles. The van der Waals surface area contributed by atoms with Crippen LogP contribution in [0.5, 0.6) is 0 Å². The first-order valence-electron chi connectivity index (χ1n) is 31.3. The summed E-state index contributed by atoms with van der Waals surface area (Å²) in [5.41, 5.74) is 0. The topological polar surface area (TPSA) is 114 Å². The van der Waals surface area contributed by atoms with E-state index in [9.17, 15) is 19.0 Å². The van der Waals surface area contributed by atoms with E-state index in [0.717, 1.165) is 83.5 Å². The molecule has 0 aromatic rings. The van der Waals surface area contributed by atoms with Crippen LogP contribution in [0, 0.1) is 0 Å². The van der Waals surface area contributed by atoms with Crippen molar-refractivity contribution in [2.24, 2.45) is 0 Å². The lowest BCUT2D eigenvalue weighted by Crippen LogP contribution is -2.47. The van der Waals surface area contributed by atoms with Gasteiger partial charge in [0.1, 0.15) is 19.3 Å². The molecule has 0 rings (SSSR count). The Labute approximate surface area is 453 Å². The molecule has 0 aliphatic rings. The molecule has 0 aromatic heterocycles. The highest BCUT2D eigenvalue weighted by Crippen LogP contribution is 2.38. The Bertz CT molecular complexity index is 1350. The van der Waals surface area contributed by atoms with Crippen LogP contribution in [0.4, 0.5) is 0 Å². The Morgan fingerprint density at radius 1 is 0.493 bits per heavy atom. The number of ether oxygens (including phenoxy) is 1. The third-order valence-corrected chi connectivity index (χ3v) is 15.0. The van der Waals surface area contributed by atoms with Gasteiger partial charge in [-0.1, -0.05) is 269 Å².